The van der Waals surface area contributed by atoms with Crippen molar-refractivity contribution < 1.29 is 9.18 Å². The summed E-state index contributed by atoms with van der Waals surface area (Å²) < 4.78 is 13.6. The minimum atomic E-state index is -0.288. The third-order valence-corrected chi connectivity index (χ3v) is 4.56. The van der Waals surface area contributed by atoms with E-state index in [4.69, 9.17) is 5.73 Å². The van der Waals surface area contributed by atoms with E-state index in [1.165, 1.54) is 6.07 Å². The summed E-state index contributed by atoms with van der Waals surface area (Å²) in [4.78, 5) is 12.3. The molecule has 3 nitrogen and oxygen atoms in total. The molecule has 0 saturated heterocycles. The quantitative estimate of drug-likeness (QED) is 0.808. The summed E-state index contributed by atoms with van der Waals surface area (Å²) in [6, 6.07) is 6.73. The molecular formula is C17H26ClFN2O. The van der Waals surface area contributed by atoms with E-state index in [1.54, 1.807) is 12.1 Å². The van der Waals surface area contributed by atoms with Crippen LogP contribution in [0, 0.1) is 17.7 Å². The van der Waals surface area contributed by atoms with Gasteiger partial charge in [-0.2, -0.15) is 0 Å². The summed E-state index contributed by atoms with van der Waals surface area (Å²) in [5.74, 6) is 0.181. The molecular weight excluding hydrogens is 303 g/mol. The van der Waals surface area contributed by atoms with Crippen molar-refractivity contribution in [3.05, 3.63) is 35.6 Å². The van der Waals surface area contributed by atoms with Crippen LogP contribution in [0.1, 0.15) is 38.7 Å². The Morgan fingerprint density at radius 1 is 1.45 bits per heavy atom. The highest BCUT2D eigenvalue weighted by atomic mass is 35.5. The normalized spacial score (nSPS) is 18.0. The number of hydrogen-bond donors (Lipinski definition) is 2. The van der Waals surface area contributed by atoms with Crippen LogP contribution in [0.15, 0.2) is 24.3 Å². The van der Waals surface area contributed by atoms with Crippen molar-refractivity contribution in [1.82, 2.24) is 5.32 Å². The second-order valence-corrected chi connectivity index (χ2v) is 6.42. The van der Waals surface area contributed by atoms with Gasteiger partial charge in [0, 0.05) is 12.5 Å². The van der Waals surface area contributed by atoms with Crippen LogP contribution < -0.4 is 11.1 Å². The highest BCUT2D eigenvalue weighted by Gasteiger charge is 2.41. The molecule has 2 rings (SSSR count). The molecule has 3 N–H and O–H groups in total. The smallest absolute Gasteiger partial charge is 0.223 e. The van der Waals surface area contributed by atoms with E-state index in [-0.39, 0.29) is 35.6 Å². The molecule has 0 aromatic heterocycles. The first-order valence-corrected chi connectivity index (χ1v) is 7.72. The fraction of sp³-hybridized carbons (Fsp3) is 0.588. The molecule has 0 aliphatic heterocycles. The Kier molecular flexibility index (Phi) is 6.82. The third kappa shape index (κ3) is 4.68. The number of hydrogen-bond acceptors (Lipinski definition) is 2. The van der Waals surface area contributed by atoms with E-state index in [1.807, 2.05) is 19.9 Å². The van der Waals surface area contributed by atoms with Crippen molar-refractivity contribution in [2.75, 3.05) is 6.54 Å². The molecule has 1 fully saturated rings. The Bertz CT molecular complexity index is 507. The van der Waals surface area contributed by atoms with Crippen LogP contribution in [-0.4, -0.2) is 18.0 Å². The molecule has 124 valence electrons. The lowest BCUT2D eigenvalue weighted by atomic mass is 9.93. The minimum Gasteiger partial charge on any atom is -0.349 e. The van der Waals surface area contributed by atoms with Gasteiger partial charge in [0.15, 0.2) is 0 Å². The highest BCUT2D eigenvalue weighted by Crippen LogP contribution is 2.39. The van der Waals surface area contributed by atoms with Gasteiger partial charge < -0.3 is 11.1 Å². The van der Waals surface area contributed by atoms with Gasteiger partial charge >= 0.3 is 0 Å². The fourth-order valence-corrected chi connectivity index (χ4v) is 2.65. The maximum absolute atomic E-state index is 13.6. The Morgan fingerprint density at radius 3 is 2.64 bits per heavy atom. The number of amides is 1. The Balaban J connectivity index is 0.00000242. The van der Waals surface area contributed by atoms with Gasteiger partial charge in [-0.25, -0.2) is 4.39 Å². The molecule has 1 aromatic rings. The molecule has 1 saturated carbocycles. The van der Waals surface area contributed by atoms with Crippen LogP contribution >= 0.6 is 12.4 Å². The monoisotopic (exact) mass is 328 g/mol. The van der Waals surface area contributed by atoms with Gasteiger partial charge in [-0.15, -0.1) is 12.4 Å². The van der Waals surface area contributed by atoms with Crippen LogP contribution in [0.4, 0.5) is 4.39 Å². The molecule has 2 atom stereocenters. The summed E-state index contributed by atoms with van der Waals surface area (Å²) in [6.45, 7) is 4.37. The van der Waals surface area contributed by atoms with E-state index in [0.29, 0.717) is 30.9 Å². The van der Waals surface area contributed by atoms with E-state index >= 15 is 0 Å². The summed E-state index contributed by atoms with van der Waals surface area (Å²) in [7, 11) is 0. The molecule has 1 aliphatic rings. The van der Waals surface area contributed by atoms with Crippen molar-refractivity contribution in [3.63, 3.8) is 0 Å². The number of carbonyl (C=O) groups is 1. The predicted octanol–water partition coefficient (Wildman–Crippen LogP) is 3.06. The maximum Gasteiger partial charge on any atom is 0.223 e. The zero-order valence-electron chi connectivity index (χ0n) is 13.3. The van der Waals surface area contributed by atoms with Crippen molar-refractivity contribution in [1.29, 1.82) is 0 Å². The zero-order valence-corrected chi connectivity index (χ0v) is 14.1. The molecule has 1 amide bonds. The molecule has 2 unspecified atom stereocenters. The molecule has 1 aliphatic carbocycles. The first kappa shape index (κ1) is 18.9. The second-order valence-electron chi connectivity index (χ2n) is 6.42. The fourth-order valence-electron chi connectivity index (χ4n) is 2.65. The lowest BCUT2D eigenvalue weighted by Gasteiger charge is -2.31. The molecule has 0 bridgehead atoms. The SMILES string of the molecule is CC(CCc1ccccc1F)C(=O)NC(C)(CN)C1CC1.Cl. The standard InChI is InChI=1S/C17H25FN2O.ClH/c1-12(7-8-13-5-3-4-6-15(13)18)16(21)20-17(2,11-19)14-9-10-14;/h3-6,12,14H,7-11,19H2,1-2H3,(H,20,21);1H. The third-order valence-electron chi connectivity index (χ3n) is 4.56. The van der Waals surface area contributed by atoms with Gasteiger partial charge in [-0.1, -0.05) is 25.1 Å². The topological polar surface area (TPSA) is 55.1 Å². The number of nitrogens with two attached hydrogens (primary N) is 1. The van der Waals surface area contributed by atoms with Crippen LogP contribution in [0.2, 0.25) is 0 Å². The zero-order chi connectivity index (χ0) is 15.5. The highest BCUT2D eigenvalue weighted by molar-refractivity contribution is 5.85. The first-order chi connectivity index (χ1) is 9.96. The average Bonchev–Trinajstić information content (AvgIpc) is 3.31. The average molecular weight is 329 g/mol. The van der Waals surface area contributed by atoms with Crippen molar-refractivity contribution in [2.24, 2.45) is 17.6 Å². The maximum atomic E-state index is 13.6. The van der Waals surface area contributed by atoms with Gasteiger partial charge in [-0.3, -0.25) is 4.79 Å². The molecule has 5 heteroatoms. The summed E-state index contributed by atoms with van der Waals surface area (Å²) >= 11 is 0. The Labute approximate surface area is 138 Å². The summed E-state index contributed by atoms with van der Waals surface area (Å²) in [6.07, 6.45) is 3.48. The van der Waals surface area contributed by atoms with E-state index in [2.05, 4.69) is 5.32 Å². The number of benzene rings is 1. The van der Waals surface area contributed by atoms with Gasteiger partial charge in [0.2, 0.25) is 5.91 Å². The van der Waals surface area contributed by atoms with Crippen molar-refractivity contribution >= 4 is 18.3 Å². The largest absolute Gasteiger partial charge is 0.349 e. The number of rotatable bonds is 7. The van der Waals surface area contributed by atoms with Gasteiger partial charge in [0.05, 0.1) is 5.54 Å². The molecule has 22 heavy (non-hydrogen) atoms. The lowest BCUT2D eigenvalue weighted by Crippen LogP contribution is -2.54. The molecule has 1 aromatic carbocycles. The van der Waals surface area contributed by atoms with Crippen LogP contribution in [-0.2, 0) is 11.2 Å². The Morgan fingerprint density at radius 2 is 2.09 bits per heavy atom. The van der Waals surface area contributed by atoms with E-state index < -0.39 is 0 Å². The van der Waals surface area contributed by atoms with Crippen LogP contribution in [0.25, 0.3) is 0 Å². The second kappa shape index (κ2) is 7.93. The van der Waals surface area contributed by atoms with Gasteiger partial charge in [0.25, 0.3) is 0 Å². The number of nitrogens with one attached hydrogen (secondary N) is 1. The van der Waals surface area contributed by atoms with E-state index in [9.17, 15) is 9.18 Å². The predicted molar refractivity (Wildman–Crippen MR) is 89.5 cm³/mol. The molecule has 0 spiro atoms. The summed E-state index contributed by atoms with van der Waals surface area (Å²) in [5.41, 5.74) is 6.20. The molecule has 0 heterocycles. The van der Waals surface area contributed by atoms with Crippen LogP contribution in [0.5, 0.6) is 0 Å². The van der Waals surface area contributed by atoms with Gasteiger partial charge in [0.1, 0.15) is 5.82 Å². The number of carbonyl (C=O) groups excluding carboxylic acids is 1. The lowest BCUT2D eigenvalue weighted by molar-refractivity contribution is -0.126. The first-order valence-electron chi connectivity index (χ1n) is 7.72. The minimum absolute atomic E-state index is 0. The number of aryl methyl sites for hydroxylation is 1. The van der Waals surface area contributed by atoms with E-state index in [0.717, 1.165) is 12.8 Å². The van der Waals surface area contributed by atoms with Gasteiger partial charge in [-0.05, 0) is 50.2 Å². The van der Waals surface area contributed by atoms with Crippen LogP contribution in [0.3, 0.4) is 0 Å². The summed E-state index contributed by atoms with van der Waals surface area (Å²) in [5, 5.41) is 3.10. The number of halogens is 2. The Hall–Kier alpha value is -1.13. The molecule has 0 radical (unpaired) electrons. The van der Waals surface area contributed by atoms with Crippen molar-refractivity contribution in [2.45, 2.75) is 45.1 Å². The van der Waals surface area contributed by atoms with Crippen molar-refractivity contribution in [3.8, 4) is 0 Å².